The Bertz CT molecular complexity index is 2510. The third kappa shape index (κ3) is 6.12. The fourth-order valence-electron chi connectivity index (χ4n) is 8.66. The van der Waals surface area contributed by atoms with Crippen molar-refractivity contribution in [2.45, 2.75) is 25.7 Å². The maximum absolute atomic E-state index is 5.28. The van der Waals surface area contributed by atoms with Gasteiger partial charge < -0.3 is 9.47 Å². The Morgan fingerprint density at radius 3 is 1.09 bits per heavy atom. The van der Waals surface area contributed by atoms with E-state index >= 15 is 0 Å². The minimum Gasteiger partial charge on any atom is -0.385 e. The highest BCUT2D eigenvalue weighted by Gasteiger charge is 2.19. The third-order valence-corrected chi connectivity index (χ3v) is 11.3. The SMILES string of the molecule is COCCCc1ccc(-c2ccccc2-c2ccc3c4cccc5c(-c6ccccc6-c6ccc(CCCOC)cc6)ccc(c6cccc2c63)c54)cc1. The lowest BCUT2D eigenvalue weighted by Gasteiger charge is -2.20. The van der Waals surface area contributed by atoms with E-state index in [2.05, 4.69) is 158 Å². The molecular weight excluding hydrogens is 657 g/mol. The van der Waals surface area contributed by atoms with E-state index in [4.69, 9.17) is 9.47 Å². The largest absolute Gasteiger partial charge is 0.385 e. The Morgan fingerprint density at radius 2 is 0.685 bits per heavy atom. The number of aryl methyl sites for hydroxylation is 2. The van der Waals surface area contributed by atoms with Gasteiger partial charge >= 0.3 is 0 Å². The second-order valence-corrected chi connectivity index (χ2v) is 14.5. The molecule has 0 saturated heterocycles. The van der Waals surface area contributed by atoms with Crippen molar-refractivity contribution in [2.75, 3.05) is 27.4 Å². The molecule has 0 bridgehead atoms. The minimum atomic E-state index is 0.787. The highest BCUT2D eigenvalue weighted by molar-refractivity contribution is 6.35. The van der Waals surface area contributed by atoms with Crippen LogP contribution >= 0.6 is 0 Å². The smallest absolute Gasteiger partial charge is 0.0465 e. The van der Waals surface area contributed by atoms with E-state index in [0.29, 0.717) is 0 Å². The molecule has 9 rings (SSSR count). The number of methoxy groups -OCH3 is 2. The van der Waals surface area contributed by atoms with E-state index in [0.717, 1.165) is 38.9 Å². The van der Waals surface area contributed by atoms with Crippen LogP contribution in [-0.4, -0.2) is 27.4 Å². The molecule has 0 aliphatic heterocycles. The lowest BCUT2D eigenvalue weighted by Crippen LogP contribution is -1.94. The summed E-state index contributed by atoms with van der Waals surface area (Å²) >= 11 is 0. The van der Waals surface area contributed by atoms with Crippen LogP contribution in [0.15, 0.2) is 158 Å². The maximum Gasteiger partial charge on any atom is 0.0465 e. The maximum atomic E-state index is 5.28. The molecule has 0 aliphatic rings. The Balaban J connectivity index is 1.17. The fourth-order valence-corrected chi connectivity index (χ4v) is 8.66. The molecule has 9 aromatic carbocycles. The van der Waals surface area contributed by atoms with Crippen LogP contribution in [0.4, 0.5) is 0 Å². The molecular formula is C52H44O2. The van der Waals surface area contributed by atoms with Crippen LogP contribution in [0.3, 0.4) is 0 Å². The molecule has 9 aromatic rings. The zero-order valence-corrected chi connectivity index (χ0v) is 31.1. The molecule has 0 unspecified atom stereocenters. The van der Waals surface area contributed by atoms with Crippen LogP contribution in [-0.2, 0) is 22.3 Å². The van der Waals surface area contributed by atoms with Crippen LogP contribution in [0.5, 0.6) is 0 Å². The Labute approximate surface area is 318 Å². The number of hydrogen-bond donors (Lipinski definition) is 0. The van der Waals surface area contributed by atoms with Gasteiger partial charge in [-0.15, -0.1) is 0 Å². The first-order valence-electron chi connectivity index (χ1n) is 19.2. The van der Waals surface area contributed by atoms with Crippen molar-refractivity contribution in [3.05, 3.63) is 169 Å². The van der Waals surface area contributed by atoms with Crippen molar-refractivity contribution in [3.63, 3.8) is 0 Å². The quantitative estimate of drug-likeness (QED) is 0.0717. The Hall–Kier alpha value is -5.80. The minimum absolute atomic E-state index is 0.787. The number of rotatable bonds is 12. The van der Waals surface area contributed by atoms with Gasteiger partial charge in [0.1, 0.15) is 0 Å². The molecule has 0 amide bonds. The highest BCUT2D eigenvalue weighted by atomic mass is 16.5. The van der Waals surface area contributed by atoms with Gasteiger partial charge in [-0.25, -0.2) is 0 Å². The summed E-state index contributed by atoms with van der Waals surface area (Å²) in [6, 6.07) is 59.1. The monoisotopic (exact) mass is 700 g/mol. The van der Waals surface area contributed by atoms with Crippen molar-refractivity contribution in [2.24, 2.45) is 0 Å². The molecule has 0 N–H and O–H groups in total. The van der Waals surface area contributed by atoms with Gasteiger partial charge in [0, 0.05) is 27.4 Å². The fraction of sp³-hybridized carbons (Fsp3) is 0.154. The Morgan fingerprint density at radius 1 is 0.315 bits per heavy atom. The normalized spacial score (nSPS) is 11.7. The molecule has 0 saturated carbocycles. The van der Waals surface area contributed by atoms with E-state index < -0.39 is 0 Å². The van der Waals surface area contributed by atoms with E-state index in [-0.39, 0.29) is 0 Å². The van der Waals surface area contributed by atoms with Gasteiger partial charge in [0.15, 0.2) is 0 Å². The second-order valence-electron chi connectivity index (χ2n) is 14.5. The van der Waals surface area contributed by atoms with Crippen molar-refractivity contribution in [3.8, 4) is 44.5 Å². The Kier molecular flexibility index (Phi) is 9.39. The summed E-state index contributed by atoms with van der Waals surface area (Å²) in [5.41, 5.74) is 12.7. The summed E-state index contributed by atoms with van der Waals surface area (Å²) in [4.78, 5) is 0. The molecule has 0 heterocycles. The summed E-state index contributed by atoms with van der Waals surface area (Å²) in [6.07, 6.45) is 4.11. The van der Waals surface area contributed by atoms with Gasteiger partial charge in [-0.3, -0.25) is 0 Å². The van der Waals surface area contributed by atoms with Gasteiger partial charge in [-0.05, 0) is 124 Å². The predicted octanol–water partition coefficient (Wildman–Crippen LogP) is 13.6. The lowest BCUT2D eigenvalue weighted by molar-refractivity contribution is 0.195. The number of hydrogen-bond acceptors (Lipinski definition) is 2. The zero-order chi connectivity index (χ0) is 36.4. The third-order valence-electron chi connectivity index (χ3n) is 11.3. The number of benzene rings is 9. The average molecular weight is 701 g/mol. The molecule has 0 atom stereocenters. The number of ether oxygens (including phenoxy) is 2. The standard InChI is InChI=1S/C52H44O2/c1-53-33-9-11-35-21-25-37(26-22-35)39-13-3-5-15-41(39)43-29-31-49-48-20-8-18-46-44(30-32-50(52(46)48)47-19-7-17-45(43)51(47)49)42-16-6-4-14-40(42)38-27-23-36(24-28-38)12-10-34-54-2/h3-8,13-32H,9-12,33-34H2,1-2H3. The van der Waals surface area contributed by atoms with Gasteiger partial charge in [0.2, 0.25) is 0 Å². The molecule has 0 fully saturated rings. The van der Waals surface area contributed by atoms with E-state index in [9.17, 15) is 0 Å². The summed E-state index contributed by atoms with van der Waals surface area (Å²) in [6.45, 7) is 1.57. The first-order valence-corrected chi connectivity index (χ1v) is 19.2. The van der Waals surface area contributed by atoms with Crippen LogP contribution in [0.25, 0.3) is 87.6 Å². The van der Waals surface area contributed by atoms with Gasteiger partial charge in [-0.1, -0.05) is 158 Å². The highest BCUT2D eigenvalue weighted by Crippen LogP contribution is 2.47. The number of fused-ring (bicyclic) bond motifs is 2. The lowest BCUT2D eigenvalue weighted by atomic mass is 9.83. The molecule has 0 aromatic heterocycles. The van der Waals surface area contributed by atoms with Crippen molar-refractivity contribution < 1.29 is 9.47 Å². The van der Waals surface area contributed by atoms with E-state index in [1.807, 2.05) is 0 Å². The van der Waals surface area contributed by atoms with E-state index in [1.165, 1.54) is 98.7 Å². The second kappa shape index (κ2) is 14.9. The van der Waals surface area contributed by atoms with Gasteiger partial charge in [-0.2, -0.15) is 0 Å². The molecule has 2 heteroatoms. The summed E-state index contributed by atoms with van der Waals surface area (Å²) in [7, 11) is 3.54. The van der Waals surface area contributed by atoms with Crippen molar-refractivity contribution in [1.29, 1.82) is 0 Å². The summed E-state index contributed by atoms with van der Waals surface area (Å²) < 4.78 is 10.6. The predicted molar refractivity (Wildman–Crippen MR) is 230 cm³/mol. The molecule has 54 heavy (non-hydrogen) atoms. The summed E-state index contributed by atoms with van der Waals surface area (Å²) in [5.74, 6) is 0. The molecule has 0 radical (unpaired) electrons. The topological polar surface area (TPSA) is 18.5 Å². The van der Waals surface area contributed by atoms with Crippen LogP contribution in [0, 0.1) is 0 Å². The van der Waals surface area contributed by atoms with Crippen LogP contribution in [0.1, 0.15) is 24.0 Å². The molecule has 264 valence electrons. The average Bonchev–Trinajstić information content (AvgIpc) is 3.23. The molecule has 2 nitrogen and oxygen atoms in total. The first kappa shape index (κ1) is 34.0. The van der Waals surface area contributed by atoms with Crippen LogP contribution < -0.4 is 0 Å². The van der Waals surface area contributed by atoms with Crippen molar-refractivity contribution >= 4 is 43.1 Å². The summed E-state index contributed by atoms with van der Waals surface area (Å²) in [5, 5.41) is 10.4. The van der Waals surface area contributed by atoms with Crippen molar-refractivity contribution in [1.82, 2.24) is 0 Å². The first-order chi connectivity index (χ1) is 26.7. The van der Waals surface area contributed by atoms with Crippen LogP contribution in [0.2, 0.25) is 0 Å². The molecule has 0 spiro atoms. The zero-order valence-electron chi connectivity index (χ0n) is 31.1. The van der Waals surface area contributed by atoms with Gasteiger partial charge in [0.25, 0.3) is 0 Å². The van der Waals surface area contributed by atoms with E-state index in [1.54, 1.807) is 14.2 Å². The molecule has 0 aliphatic carbocycles. The van der Waals surface area contributed by atoms with Gasteiger partial charge in [0.05, 0.1) is 0 Å².